The molecule has 0 saturated heterocycles. The van der Waals surface area contributed by atoms with Crippen LogP contribution in [-0.4, -0.2) is 22.8 Å². The molecular weight excluding hydrogens is 271 g/mol. The predicted molar refractivity (Wildman–Crippen MR) is 69.7 cm³/mol. The van der Waals surface area contributed by atoms with Crippen LogP contribution in [0.3, 0.4) is 0 Å². The molecule has 100 valence electrons. The van der Waals surface area contributed by atoms with Crippen LogP contribution in [0.2, 0.25) is 5.02 Å². The van der Waals surface area contributed by atoms with Gasteiger partial charge in [-0.15, -0.1) is 0 Å². The van der Waals surface area contributed by atoms with Gasteiger partial charge in [0.05, 0.1) is 22.9 Å². The number of H-pyrrole nitrogens is 1. The summed E-state index contributed by atoms with van der Waals surface area (Å²) < 4.78 is 18.6. The molecule has 2 rings (SSSR count). The van der Waals surface area contributed by atoms with Gasteiger partial charge in [0.1, 0.15) is 11.5 Å². The lowest BCUT2D eigenvalue weighted by atomic mass is 10.1. The predicted octanol–water partition coefficient (Wildman–Crippen LogP) is 3.35. The van der Waals surface area contributed by atoms with E-state index in [0.29, 0.717) is 0 Å². The molecule has 0 spiro atoms. The van der Waals surface area contributed by atoms with Crippen molar-refractivity contribution >= 4 is 17.6 Å². The summed E-state index contributed by atoms with van der Waals surface area (Å²) in [6.45, 7) is 3.73. The third-order valence-corrected chi connectivity index (χ3v) is 3.10. The van der Waals surface area contributed by atoms with Crippen LogP contribution in [0.25, 0.3) is 11.3 Å². The minimum atomic E-state index is -0.537. The number of aromatic amines is 1. The monoisotopic (exact) mass is 282 g/mol. The summed E-state index contributed by atoms with van der Waals surface area (Å²) in [4.78, 5) is 11.5. The highest BCUT2D eigenvalue weighted by Gasteiger charge is 2.17. The fraction of sp³-hybridized carbons (Fsp3) is 0.231. The molecule has 6 heteroatoms. The van der Waals surface area contributed by atoms with E-state index in [2.05, 4.69) is 10.2 Å². The fourth-order valence-electron chi connectivity index (χ4n) is 1.65. The third kappa shape index (κ3) is 2.61. The van der Waals surface area contributed by atoms with Crippen LogP contribution in [0.5, 0.6) is 0 Å². The summed E-state index contributed by atoms with van der Waals surface area (Å²) in [6, 6.07) is 4.32. The molecule has 0 aliphatic heterocycles. The van der Waals surface area contributed by atoms with Gasteiger partial charge in [-0.25, -0.2) is 9.18 Å². The highest BCUT2D eigenvalue weighted by molar-refractivity contribution is 6.34. The van der Waals surface area contributed by atoms with Crippen LogP contribution in [-0.2, 0) is 4.74 Å². The molecule has 0 unspecified atom stereocenters. The molecule has 1 aromatic carbocycles. The number of hydrogen-bond acceptors (Lipinski definition) is 3. The van der Waals surface area contributed by atoms with Crippen molar-refractivity contribution in [1.82, 2.24) is 10.2 Å². The Morgan fingerprint density at radius 2 is 2.26 bits per heavy atom. The molecule has 0 amide bonds. The second-order valence-electron chi connectivity index (χ2n) is 3.94. The Hall–Kier alpha value is -1.88. The number of halogens is 2. The molecular formula is C13H12ClFN2O2. The fourth-order valence-corrected chi connectivity index (χ4v) is 1.90. The van der Waals surface area contributed by atoms with Gasteiger partial charge in [-0.3, -0.25) is 5.10 Å². The van der Waals surface area contributed by atoms with Crippen molar-refractivity contribution in [1.29, 1.82) is 0 Å². The molecule has 0 bridgehead atoms. The number of nitrogens with zero attached hydrogens (tertiary/aromatic N) is 1. The summed E-state index contributed by atoms with van der Waals surface area (Å²) in [5.74, 6) is -1.03. The Bertz CT molecular complexity index is 625. The van der Waals surface area contributed by atoms with Crippen molar-refractivity contribution in [3.8, 4) is 11.3 Å². The van der Waals surface area contributed by atoms with Crippen molar-refractivity contribution in [2.45, 2.75) is 13.8 Å². The van der Waals surface area contributed by atoms with Crippen molar-refractivity contribution < 1.29 is 13.9 Å². The van der Waals surface area contributed by atoms with E-state index in [1.165, 1.54) is 12.1 Å². The Kier molecular flexibility index (Phi) is 3.85. The number of ether oxygens (including phenoxy) is 1. The lowest BCUT2D eigenvalue weighted by Crippen LogP contribution is -2.04. The Balaban J connectivity index is 2.44. The zero-order chi connectivity index (χ0) is 14.0. The molecule has 19 heavy (non-hydrogen) atoms. The van der Waals surface area contributed by atoms with E-state index in [1.807, 2.05) is 0 Å². The maximum absolute atomic E-state index is 13.8. The number of hydrogen-bond donors (Lipinski definition) is 1. The smallest absolute Gasteiger partial charge is 0.356 e. The summed E-state index contributed by atoms with van der Waals surface area (Å²) in [7, 11) is 0. The molecule has 0 radical (unpaired) electrons. The van der Waals surface area contributed by atoms with Gasteiger partial charge in [0, 0.05) is 0 Å². The van der Waals surface area contributed by atoms with Crippen LogP contribution in [0.15, 0.2) is 18.2 Å². The third-order valence-electron chi connectivity index (χ3n) is 2.61. The summed E-state index contributed by atoms with van der Waals surface area (Å²) in [5, 5.41) is 6.69. The van der Waals surface area contributed by atoms with Gasteiger partial charge in [0.2, 0.25) is 0 Å². The normalized spacial score (nSPS) is 10.5. The van der Waals surface area contributed by atoms with Crippen LogP contribution in [0.1, 0.15) is 23.0 Å². The average molecular weight is 283 g/mol. The van der Waals surface area contributed by atoms with Gasteiger partial charge < -0.3 is 4.74 Å². The number of esters is 1. The highest BCUT2D eigenvalue weighted by Crippen LogP contribution is 2.32. The van der Waals surface area contributed by atoms with Crippen molar-refractivity contribution in [3.63, 3.8) is 0 Å². The molecule has 2 aromatic rings. The maximum atomic E-state index is 13.8. The van der Waals surface area contributed by atoms with E-state index in [1.54, 1.807) is 19.9 Å². The minimum absolute atomic E-state index is 0.161. The SMILES string of the molecule is CCOC(=O)c1cc(-c2c(F)ccc(C)c2Cl)n[nH]1. The number of benzene rings is 1. The molecule has 1 N–H and O–H groups in total. The number of carbonyl (C=O) groups excluding carboxylic acids is 1. The topological polar surface area (TPSA) is 55.0 Å². The molecule has 4 nitrogen and oxygen atoms in total. The van der Waals surface area contributed by atoms with Crippen LogP contribution >= 0.6 is 11.6 Å². The first-order chi connectivity index (χ1) is 9.04. The van der Waals surface area contributed by atoms with Crippen molar-refractivity contribution in [2.75, 3.05) is 6.61 Å². The Morgan fingerprint density at radius 3 is 2.95 bits per heavy atom. The largest absolute Gasteiger partial charge is 0.461 e. The second kappa shape index (κ2) is 5.40. The number of aromatic nitrogens is 2. The summed E-state index contributed by atoms with van der Waals surface area (Å²) >= 11 is 6.07. The van der Waals surface area contributed by atoms with Crippen molar-refractivity contribution in [2.24, 2.45) is 0 Å². The van der Waals surface area contributed by atoms with Gasteiger partial charge in [-0.1, -0.05) is 17.7 Å². The molecule has 0 saturated carbocycles. The van der Waals surface area contributed by atoms with Gasteiger partial charge in [0.15, 0.2) is 0 Å². The Labute approximate surface area is 114 Å². The molecule has 0 fully saturated rings. The molecule has 0 aliphatic carbocycles. The zero-order valence-corrected chi connectivity index (χ0v) is 11.2. The first kappa shape index (κ1) is 13.5. The van der Waals surface area contributed by atoms with Gasteiger partial charge >= 0.3 is 5.97 Å². The van der Waals surface area contributed by atoms with Gasteiger partial charge in [-0.05, 0) is 31.5 Å². The van der Waals surface area contributed by atoms with Crippen LogP contribution < -0.4 is 0 Å². The van der Waals surface area contributed by atoms with E-state index < -0.39 is 11.8 Å². The van der Waals surface area contributed by atoms with Gasteiger partial charge in [-0.2, -0.15) is 5.10 Å². The molecule has 0 aliphatic rings. The standard InChI is InChI=1S/C13H12ClFN2O2/c1-3-19-13(18)10-6-9(16-17-10)11-8(15)5-4-7(2)12(11)14/h4-6H,3H2,1-2H3,(H,16,17). The minimum Gasteiger partial charge on any atom is -0.461 e. The lowest BCUT2D eigenvalue weighted by Gasteiger charge is -2.05. The first-order valence-electron chi connectivity index (χ1n) is 5.72. The van der Waals surface area contributed by atoms with Crippen LogP contribution in [0.4, 0.5) is 4.39 Å². The summed E-state index contributed by atoms with van der Waals surface area (Å²) in [5.41, 5.74) is 1.34. The van der Waals surface area contributed by atoms with Gasteiger partial charge in [0.25, 0.3) is 0 Å². The molecule has 1 heterocycles. The number of aryl methyl sites for hydroxylation is 1. The number of carbonyl (C=O) groups is 1. The first-order valence-corrected chi connectivity index (χ1v) is 6.10. The quantitative estimate of drug-likeness (QED) is 0.878. The van der Waals surface area contributed by atoms with E-state index in [4.69, 9.17) is 16.3 Å². The second-order valence-corrected chi connectivity index (χ2v) is 4.32. The van der Waals surface area contributed by atoms with E-state index in [9.17, 15) is 9.18 Å². The molecule has 1 aromatic heterocycles. The Morgan fingerprint density at radius 1 is 1.53 bits per heavy atom. The van der Waals surface area contributed by atoms with Crippen molar-refractivity contribution in [3.05, 3.63) is 40.3 Å². The van der Waals surface area contributed by atoms with E-state index >= 15 is 0 Å². The number of nitrogens with one attached hydrogen (secondary N) is 1. The number of rotatable bonds is 3. The average Bonchev–Trinajstić information content (AvgIpc) is 2.84. The highest BCUT2D eigenvalue weighted by atomic mass is 35.5. The van der Waals surface area contributed by atoms with E-state index in [-0.39, 0.29) is 28.6 Å². The maximum Gasteiger partial charge on any atom is 0.356 e. The summed E-state index contributed by atoms with van der Waals surface area (Å²) in [6.07, 6.45) is 0. The lowest BCUT2D eigenvalue weighted by molar-refractivity contribution is 0.0519. The van der Waals surface area contributed by atoms with Crippen LogP contribution in [0, 0.1) is 12.7 Å². The zero-order valence-electron chi connectivity index (χ0n) is 10.5. The molecule has 0 atom stereocenters. The van der Waals surface area contributed by atoms with E-state index in [0.717, 1.165) is 5.56 Å².